The fourth-order valence-electron chi connectivity index (χ4n) is 0.714. The minimum absolute atomic E-state index is 0.0140. The predicted octanol–water partition coefficient (Wildman–Crippen LogP) is -0.434. The first kappa shape index (κ1) is 10.9. The molecule has 0 aromatic carbocycles. The Labute approximate surface area is 70.9 Å². The molecule has 0 rings (SSSR count). The number of carbonyl (C=O) groups is 2. The van der Waals surface area contributed by atoms with Gasteiger partial charge in [0.15, 0.2) is 0 Å². The largest absolute Gasteiger partial charge is 0.480 e. The standard InChI is InChI=1S/C7H13NO4/c1-3-12-7(11)5-8(2)4-6(9)10/h3-5H2,1-2H3,(H,9,10). The summed E-state index contributed by atoms with van der Waals surface area (Å²) in [6.45, 7) is 1.88. The van der Waals surface area contributed by atoms with Crippen LogP contribution in [0.5, 0.6) is 0 Å². The number of ether oxygens (including phenoxy) is 1. The summed E-state index contributed by atoms with van der Waals surface area (Å²) in [5.41, 5.74) is 0. The van der Waals surface area contributed by atoms with Crippen LogP contribution in [0.25, 0.3) is 0 Å². The van der Waals surface area contributed by atoms with Crippen molar-refractivity contribution in [2.24, 2.45) is 0 Å². The Bertz CT molecular complexity index is 169. The van der Waals surface area contributed by atoms with Crippen LogP contribution < -0.4 is 0 Å². The lowest BCUT2D eigenvalue weighted by atomic mass is 10.5. The minimum Gasteiger partial charge on any atom is -0.480 e. The van der Waals surface area contributed by atoms with Crippen molar-refractivity contribution in [3.63, 3.8) is 0 Å². The summed E-state index contributed by atoms with van der Waals surface area (Å²) in [5.74, 6) is -1.36. The Kier molecular flexibility index (Phi) is 5.03. The maximum atomic E-state index is 10.8. The van der Waals surface area contributed by atoms with Gasteiger partial charge in [-0.2, -0.15) is 0 Å². The van der Waals surface area contributed by atoms with Crippen LogP contribution in [0.4, 0.5) is 0 Å². The average molecular weight is 175 g/mol. The SMILES string of the molecule is CCOC(=O)CN(C)CC(=O)O. The molecule has 0 saturated heterocycles. The maximum absolute atomic E-state index is 10.8. The Morgan fingerprint density at radius 1 is 1.42 bits per heavy atom. The summed E-state index contributed by atoms with van der Waals surface area (Å²) >= 11 is 0. The highest BCUT2D eigenvalue weighted by molar-refractivity contribution is 5.73. The van der Waals surface area contributed by atoms with Crippen molar-refractivity contribution in [1.29, 1.82) is 0 Å². The van der Waals surface area contributed by atoms with Crippen LogP contribution in [-0.4, -0.2) is 48.7 Å². The van der Waals surface area contributed by atoms with E-state index in [1.54, 1.807) is 14.0 Å². The third-order valence-corrected chi connectivity index (χ3v) is 1.11. The number of likely N-dealkylation sites (N-methyl/N-ethyl adjacent to an activating group) is 1. The monoisotopic (exact) mass is 175 g/mol. The molecule has 0 fully saturated rings. The summed E-state index contributed by atoms with van der Waals surface area (Å²) in [6, 6.07) is 0. The molecule has 0 aromatic heterocycles. The Balaban J connectivity index is 3.61. The topological polar surface area (TPSA) is 66.8 Å². The van der Waals surface area contributed by atoms with E-state index in [2.05, 4.69) is 4.74 Å². The first-order valence-electron chi connectivity index (χ1n) is 3.62. The number of esters is 1. The van der Waals surface area contributed by atoms with E-state index in [1.807, 2.05) is 0 Å². The van der Waals surface area contributed by atoms with Crippen LogP contribution in [0.15, 0.2) is 0 Å². The molecule has 0 heterocycles. The van der Waals surface area contributed by atoms with Crippen molar-refractivity contribution in [3.05, 3.63) is 0 Å². The smallest absolute Gasteiger partial charge is 0.320 e. The van der Waals surface area contributed by atoms with Gasteiger partial charge in [-0.05, 0) is 14.0 Å². The lowest BCUT2D eigenvalue weighted by Crippen LogP contribution is -2.31. The highest BCUT2D eigenvalue weighted by atomic mass is 16.5. The third kappa shape index (κ3) is 5.67. The van der Waals surface area contributed by atoms with Crippen molar-refractivity contribution in [2.45, 2.75) is 6.92 Å². The molecule has 0 radical (unpaired) electrons. The molecule has 5 heteroatoms. The number of rotatable bonds is 5. The van der Waals surface area contributed by atoms with Crippen molar-refractivity contribution in [2.75, 3.05) is 26.7 Å². The van der Waals surface area contributed by atoms with E-state index in [9.17, 15) is 9.59 Å². The van der Waals surface area contributed by atoms with E-state index >= 15 is 0 Å². The molecule has 0 bridgehead atoms. The lowest BCUT2D eigenvalue weighted by molar-refractivity contribution is -0.145. The molecular weight excluding hydrogens is 162 g/mol. The van der Waals surface area contributed by atoms with Gasteiger partial charge in [-0.15, -0.1) is 0 Å². The third-order valence-electron chi connectivity index (χ3n) is 1.11. The molecule has 0 spiro atoms. The zero-order valence-electron chi connectivity index (χ0n) is 7.24. The van der Waals surface area contributed by atoms with Crippen LogP contribution in [0.2, 0.25) is 0 Å². The van der Waals surface area contributed by atoms with E-state index in [1.165, 1.54) is 4.90 Å². The molecule has 0 atom stereocenters. The van der Waals surface area contributed by atoms with Gasteiger partial charge in [-0.3, -0.25) is 14.5 Å². The van der Waals surface area contributed by atoms with E-state index in [0.29, 0.717) is 6.61 Å². The minimum atomic E-state index is -0.957. The second kappa shape index (κ2) is 5.54. The molecule has 0 saturated carbocycles. The van der Waals surface area contributed by atoms with Gasteiger partial charge in [0.05, 0.1) is 19.7 Å². The average Bonchev–Trinajstić information content (AvgIpc) is 1.84. The number of carboxylic acid groups (broad SMARTS) is 1. The summed E-state index contributed by atoms with van der Waals surface area (Å²) in [7, 11) is 1.55. The number of aliphatic carboxylic acids is 1. The van der Waals surface area contributed by atoms with Crippen LogP contribution in [0, 0.1) is 0 Å². The molecule has 12 heavy (non-hydrogen) atoms. The molecular formula is C7H13NO4. The lowest BCUT2D eigenvalue weighted by Gasteiger charge is -2.11. The number of hydrogen-bond donors (Lipinski definition) is 1. The van der Waals surface area contributed by atoms with Gasteiger partial charge in [0.25, 0.3) is 0 Å². The fourth-order valence-corrected chi connectivity index (χ4v) is 0.714. The highest BCUT2D eigenvalue weighted by Gasteiger charge is 2.09. The number of carbonyl (C=O) groups excluding carboxylic acids is 1. The summed E-state index contributed by atoms with van der Waals surface area (Å²) in [4.78, 5) is 22.3. The Morgan fingerprint density at radius 3 is 2.42 bits per heavy atom. The molecule has 5 nitrogen and oxygen atoms in total. The van der Waals surface area contributed by atoms with E-state index in [-0.39, 0.29) is 13.1 Å². The number of hydrogen-bond acceptors (Lipinski definition) is 4. The quantitative estimate of drug-likeness (QED) is 0.574. The van der Waals surface area contributed by atoms with Crippen molar-refractivity contribution in [3.8, 4) is 0 Å². The molecule has 0 aliphatic carbocycles. The van der Waals surface area contributed by atoms with Gasteiger partial charge in [-0.1, -0.05) is 0 Å². The van der Waals surface area contributed by atoms with Crippen molar-refractivity contribution < 1.29 is 19.4 Å². The van der Waals surface area contributed by atoms with Crippen molar-refractivity contribution >= 4 is 11.9 Å². The summed E-state index contributed by atoms with van der Waals surface area (Å²) in [5, 5.41) is 8.33. The molecule has 0 aliphatic heterocycles. The predicted molar refractivity (Wildman–Crippen MR) is 41.8 cm³/mol. The fraction of sp³-hybridized carbons (Fsp3) is 0.714. The normalized spacial score (nSPS) is 9.92. The van der Waals surface area contributed by atoms with Gasteiger partial charge in [0.2, 0.25) is 0 Å². The second-order valence-corrected chi connectivity index (χ2v) is 2.37. The summed E-state index contributed by atoms with van der Waals surface area (Å²) < 4.78 is 4.62. The van der Waals surface area contributed by atoms with Crippen LogP contribution in [0.3, 0.4) is 0 Å². The molecule has 0 aliphatic rings. The highest BCUT2D eigenvalue weighted by Crippen LogP contribution is 1.85. The first-order chi connectivity index (χ1) is 5.56. The molecule has 1 N–H and O–H groups in total. The maximum Gasteiger partial charge on any atom is 0.320 e. The molecule has 70 valence electrons. The van der Waals surface area contributed by atoms with Crippen LogP contribution in [-0.2, 0) is 14.3 Å². The van der Waals surface area contributed by atoms with Gasteiger partial charge >= 0.3 is 11.9 Å². The second-order valence-electron chi connectivity index (χ2n) is 2.37. The van der Waals surface area contributed by atoms with Gasteiger partial charge in [0, 0.05) is 0 Å². The number of carboxylic acids is 1. The zero-order chi connectivity index (χ0) is 9.56. The van der Waals surface area contributed by atoms with Crippen LogP contribution in [0.1, 0.15) is 6.92 Å². The number of nitrogens with zero attached hydrogens (tertiary/aromatic N) is 1. The molecule has 0 aromatic rings. The summed E-state index contributed by atoms with van der Waals surface area (Å²) in [6.07, 6.45) is 0. The van der Waals surface area contributed by atoms with Crippen LogP contribution >= 0.6 is 0 Å². The van der Waals surface area contributed by atoms with Crippen molar-refractivity contribution in [1.82, 2.24) is 4.90 Å². The van der Waals surface area contributed by atoms with E-state index < -0.39 is 11.9 Å². The first-order valence-corrected chi connectivity index (χ1v) is 3.62. The van der Waals surface area contributed by atoms with Gasteiger partial charge in [0.1, 0.15) is 0 Å². The Hall–Kier alpha value is -1.10. The van der Waals surface area contributed by atoms with Gasteiger partial charge < -0.3 is 9.84 Å². The van der Waals surface area contributed by atoms with E-state index in [0.717, 1.165) is 0 Å². The van der Waals surface area contributed by atoms with Gasteiger partial charge in [-0.25, -0.2) is 0 Å². The van der Waals surface area contributed by atoms with E-state index in [4.69, 9.17) is 5.11 Å². The Morgan fingerprint density at radius 2 is 2.00 bits per heavy atom. The molecule has 0 unspecified atom stereocenters. The zero-order valence-corrected chi connectivity index (χ0v) is 7.24. The molecule has 0 amide bonds.